The second-order valence-electron chi connectivity index (χ2n) is 7.43. The number of benzene rings is 1. The van der Waals surface area contributed by atoms with Crippen LogP contribution in [0.2, 0.25) is 0 Å². The minimum Gasteiger partial charge on any atom is -0.302 e. The molecule has 1 aromatic carbocycles. The molecule has 0 spiro atoms. The van der Waals surface area contributed by atoms with E-state index in [4.69, 9.17) is 0 Å². The normalized spacial score (nSPS) is 30.4. The summed E-state index contributed by atoms with van der Waals surface area (Å²) in [5, 5.41) is 0. The zero-order valence-corrected chi connectivity index (χ0v) is 13.5. The fourth-order valence-electron chi connectivity index (χ4n) is 4.76. The maximum atomic E-state index is 2.73. The summed E-state index contributed by atoms with van der Waals surface area (Å²) in [6.45, 7) is 3.83. The van der Waals surface area contributed by atoms with Crippen LogP contribution in [0.25, 0.3) is 0 Å². The van der Waals surface area contributed by atoms with Crippen molar-refractivity contribution in [2.24, 2.45) is 5.41 Å². The van der Waals surface area contributed by atoms with E-state index in [-0.39, 0.29) is 0 Å². The molecule has 1 heterocycles. The first-order valence-corrected chi connectivity index (χ1v) is 8.97. The van der Waals surface area contributed by atoms with Crippen molar-refractivity contribution in [3.8, 4) is 0 Å². The lowest BCUT2D eigenvalue weighted by molar-refractivity contribution is 0.130. The number of piperidine rings is 1. The van der Waals surface area contributed by atoms with Crippen molar-refractivity contribution in [3.63, 3.8) is 0 Å². The van der Waals surface area contributed by atoms with Gasteiger partial charge in [0, 0.05) is 17.4 Å². The maximum absolute atomic E-state index is 2.73. The van der Waals surface area contributed by atoms with Crippen LogP contribution in [0.4, 0.5) is 0 Å². The highest BCUT2D eigenvalue weighted by Gasteiger charge is 2.58. The van der Waals surface area contributed by atoms with Gasteiger partial charge in [-0.2, -0.15) is 0 Å². The molecule has 0 aromatic heterocycles. The number of rotatable bonds is 4. The average Bonchev–Trinajstić information content (AvgIpc) is 3.40. The van der Waals surface area contributed by atoms with Crippen LogP contribution < -0.4 is 0 Å². The van der Waals surface area contributed by atoms with Gasteiger partial charge in [-0.1, -0.05) is 61.1 Å². The predicted molar refractivity (Wildman–Crippen MR) is 93.0 cm³/mol. The molecule has 1 saturated heterocycles. The molecule has 4 rings (SSSR count). The van der Waals surface area contributed by atoms with E-state index in [1.54, 1.807) is 5.56 Å². The number of hydrogen-bond acceptors (Lipinski definition) is 1. The Labute approximate surface area is 134 Å². The van der Waals surface area contributed by atoms with E-state index >= 15 is 0 Å². The summed E-state index contributed by atoms with van der Waals surface area (Å²) in [5.74, 6) is 0. The van der Waals surface area contributed by atoms with Crippen LogP contribution in [0, 0.1) is 5.41 Å². The van der Waals surface area contributed by atoms with Crippen molar-refractivity contribution in [2.45, 2.75) is 43.9 Å². The summed E-state index contributed by atoms with van der Waals surface area (Å²) in [6.07, 6.45) is 17.6. The van der Waals surface area contributed by atoms with Crippen molar-refractivity contribution < 1.29 is 0 Å². The van der Waals surface area contributed by atoms with Crippen molar-refractivity contribution in [2.75, 3.05) is 19.6 Å². The van der Waals surface area contributed by atoms with Gasteiger partial charge in [0.1, 0.15) is 0 Å². The van der Waals surface area contributed by atoms with Gasteiger partial charge in [0.25, 0.3) is 0 Å². The van der Waals surface area contributed by atoms with Crippen LogP contribution in [-0.2, 0) is 5.41 Å². The molecule has 1 saturated carbocycles. The molecule has 116 valence electrons. The Kier molecular flexibility index (Phi) is 3.69. The second kappa shape index (κ2) is 5.70. The topological polar surface area (TPSA) is 3.24 Å². The van der Waals surface area contributed by atoms with Gasteiger partial charge in [0.2, 0.25) is 0 Å². The second-order valence-corrected chi connectivity index (χ2v) is 7.43. The first-order valence-electron chi connectivity index (χ1n) is 8.97. The molecule has 1 atom stereocenters. The summed E-state index contributed by atoms with van der Waals surface area (Å²) in [7, 11) is 0. The van der Waals surface area contributed by atoms with Crippen molar-refractivity contribution >= 4 is 0 Å². The lowest BCUT2D eigenvalue weighted by atomic mass is 9.65. The first-order chi connectivity index (χ1) is 10.8. The van der Waals surface area contributed by atoms with E-state index in [1.165, 1.54) is 58.2 Å². The van der Waals surface area contributed by atoms with Gasteiger partial charge in [-0.15, -0.1) is 0 Å². The van der Waals surface area contributed by atoms with E-state index in [2.05, 4.69) is 59.5 Å². The van der Waals surface area contributed by atoms with Crippen molar-refractivity contribution in [3.05, 3.63) is 60.2 Å². The van der Waals surface area contributed by atoms with Gasteiger partial charge >= 0.3 is 0 Å². The molecule has 2 aliphatic carbocycles. The van der Waals surface area contributed by atoms with Gasteiger partial charge in [0.15, 0.2) is 0 Å². The smallest absolute Gasteiger partial charge is 0.0143 e. The summed E-state index contributed by atoms with van der Waals surface area (Å²) in [4.78, 5) is 2.73. The highest BCUT2D eigenvalue weighted by molar-refractivity contribution is 5.40. The monoisotopic (exact) mass is 293 g/mol. The first kappa shape index (κ1) is 14.3. The van der Waals surface area contributed by atoms with Gasteiger partial charge in [-0.05, 0) is 50.8 Å². The number of nitrogens with zero attached hydrogens (tertiary/aromatic N) is 1. The van der Waals surface area contributed by atoms with E-state index in [9.17, 15) is 0 Å². The standard InChI is InChI=1S/C21H27N/c1-4-10-19(11-5-1)21(14-15-21)20(12-6-2-7-13-20)18-22-16-8-3-9-17-22/h1-2,4-7,10-12H,3,8-9,13-18H2. The molecule has 0 amide bonds. The fraction of sp³-hybridized carbons (Fsp3) is 0.524. The zero-order valence-electron chi connectivity index (χ0n) is 13.5. The summed E-state index contributed by atoms with van der Waals surface area (Å²) in [6, 6.07) is 11.3. The zero-order chi connectivity index (χ0) is 14.9. The SMILES string of the molecule is C1=CCC(CN2CCCCC2)(C2(c3ccccc3)CC2)C=C1. The van der Waals surface area contributed by atoms with Crippen molar-refractivity contribution in [1.29, 1.82) is 0 Å². The summed E-state index contributed by atoms with van der Waals surface area (Å²) >= 11 is 0. The van der Waals surface area contributed by atoms with E-state index < -0.39 is 0 Å². The van der Waals surface area contributed by atoms with Crippen LogP contribution in [0.5, 0.6) is 0 Å². The molecular weight excluding hydrogens is 266 g/mol. The Morgan fingerprint density at radius 1 is 0.909 bits per heavy atom. The van der Waals surface area contributed by atoms with Crippen molar-refractivity contribution in [1.82, 2.24) is 4.90 Å². The molecule has 0 N–H and O–H groups in total. The summed E-state index contributed by atoms with van der Waals surface area (Å²) in [5.41, 5.74) is 2.25. The van der Waals surface area contributed by atoms with Gasteiger partial charge < -0.3 is 4.90 Å². The van der Waals surface area contributed by atoms with Crippen LogP contribution in [0.1, 0.15) is 44.1 Å². The van der Waals surface area contributed by atoms with Crippen LogP contribution in [0.3, 0.4) is 0 Å². The summed E-state index contributed by atoms with van der Waals surface area (Å²) < 4.78 is 0. The third-order valence-corrected chi connectivity index (χ3v) is 6.13. The van der Waals surface area contributed by atoms with E-state index in [1.807, 2.05) is 0 Å². The molecule has 1 aromatic rings. The third-order valence-electron chi connectivity index (χ3n) is 6.13. The lowest BCUT2D eigenvalue weighted by Gasteiger charge is -2.44. The number of hydrogen-bond donors (Lipinski definition) is 0. The Hall–Kier alpha value is -1.34. The Morgan fingerprint density at radius 3 is 2.32 bits per heavy atom. The highest BCUT2D eigenvalue weighted by atomic mass is 15.1. The van der Waals surface area contributed by atoms with Gasteiger partial charge in [-0.3, -0.25) is 0 Å². The molecule has 1 aliphatic heterocycles. The fourth-order valence-corrected chi connectivity index (χ4v) is 4.76. The third kappa shape index (κ3) is 2.36. The quantitative estimate of drug-likeness (QED) is 0.777. The Balaban J connectivity index is 1.66. The Morgan fingerprint density at radius 2 is 1.68 bits per heavy atom. The molecule has 22 heavy (non-hydrogen) atoms. The minimum absolute atomic E-state index is 0.306. The largest absolute Gasteiger partial charge is 0.302 e. The van der Waals surface area contributed by atoms with Crippen LogP contribution >= 0.6 is 0 Å². The maximum Gasteiger partial charge on any atom is 0.0143 e. The molecule has 0 bridgehead atoms. The number of likely N-dealkylation sites (tertiary alicyclic amines) is 1. The van der Waals surface area contributed by atoms with E-state index in [0.29, 0.717) is 10.8 Å². The van der Waals surface area contributed by atoms with Crippen LogP contribution in [0.15, 0.2) is 54.6 Å². The van der Waals surface area contributed by atoms with Gasteiger partial charge in [-0.25, -0.2) is 0 Å². The predicted octanol–water partition coefficient (Wildman–Crippen LogP) is 4.71. The molecule has 3 aliphatic rings. The lowest BCUT2D eigenvalue weighted by Crippen LogP contribution is -2.46. The Bertz CT molecular complexity index is 561. The minimum atomic E-state index is 0.306. The molecule has 1 nitrogen and oxygen atoms in total. The van der Waals surface area contributed by atoms with Crippen LogP contribution in [-0.4, -0.2) is 24.5 Å². The van der Waals surface area contributed by atoms with E-state index in [0.717, 1.165) is 0 Å². The molecule has 1 heteroatoms. The molecule has 1 unspecified atom stereocenters. The average molecular weight is 293 g/mol. The molecular formula is C21H27N. The molecule has 0 radical (unpaired) electrons. The number of allylic oxidation sites excluding steroid dienone is 3. The van der Waals surface area contributed by atoms with Gasteiger partial charge in [0.05, 0.1) is 0 Å². The highest BCUT2D eigenvalue weighted by Crippen LogP contribution is 2.63. The molecule has 2 fully saturated rings.